The van der Waals surface area contributed by atoms with Crippen LogP contribution in [0.15, 0.2) is 23.1 Å². The second-order valence-corrected chi connectivity index (χ2v) is 2.88. The van der Waals surface area contributed by atoms with Crippen molar-refractivity contribution in [1.82, 2.24) is 10.2 Å². The van der Waals surface area contributed by atoms with Crippen molar-refractivity contribution in [3.05, 3.63) is 39.9 Å². The van der Waals surface area contributed by atoms with Gasteiger partial charge >= 0.3 is 0 Å². The maximum Gasteiger partial charge on any atom is 0.208 e. The number of aryl methyl sites for hydroxylation is 1. The molecule has 1 aromatic heterocycles. The molecule has 2 rings (SSSR count). The fraction of sp³-hybridized carbons (Fsp3) is 0.111. The molecule has 0 aliphatic rings. The van der Waals surface area contributed by atoms with Gasteiger partial charge in [0.25, 0.3) is 0 Å². The van der Waals surface area contributed by atoms with E-state index in [0.29, 0.717) is 16.5 Å². The van der Waals surface area contributed by atoms with Gasteiger partial charge in [-0.05, 0) is 24.6 Å². The molecule has 0 fully saturated rings. The average molecular weight is 178 g/mol. The highest BCUT2D eigenvalue weighted by Gasteiger charge is 2.03. The van der Waals surface area contributed by atoms with Crippen molar-refractivity contribution >= 4 is 10.9 Å². The maximum absolute atomic E-state index is 13.1. The highest BCUT2D eigenvalue weighted by molar-refractivity contribution is 5.78. The Kier molecular flexibility index (Phi) is 1.62. The molecule has 13 heavy (non-hydrogen) atoms. The number of rotatable bonds is 0. The van der Waals surface area contributed by atoms with Crippen molar-refractivity contribution < 1.29 is 4.39 Å². The highest BCUT2D eigenvalue weighted by Crippen LogP contribution is 2.12. The molecule has 1 heterocycles. The molecule has 66 valence electrons. The topological polar surface area (TPSA) is 45.8 Å². The summed E-state index contributed by atoms with van der Waals surface area (Å²) in [5.74, 6) is -0.371. The fourth-order valence-corrected chi connectivity index (χ4v) is 1.21. The van der Waals surface area contributed by atoms with E-state index >= 15 is 0 Å². The van der Waals surface area contributed by atoms with Crippen LogP contribution in [0.4, 0.5) is 4.39 Å². The van der Waals surface area contributed by atoms with E-state index < -0.39 is 0 Å². The van der Waals surface area contributed by atoms with E-state index in [2.05, 4.69) is 10.2 Å². The summed E-state index contributed by atoms with van der Waals surface area (Å²) in [7, 11) is 0. The van der Waals surface area contributed by atoms with Crippen molar-refractivity contribution in [3.63, 3.8) is 0 Å². The lowest BCUT2D eigenvalue weighted by molar-refractivity contribution is 0.620. The van der Waals surface area contributed by atoms with Crippen molar-refractivity contribution in [1.29, 1.82) is 0 Å². The van der Waals surface area contributed by atoms with Gasteiger partial charge < -0.3 is 0 Å². The summed E-state index contributed by atoms with van der Waals surface area (Å²) in [6, 6.07) is 2.80. The number of aromatic nitrogens is 2. The molecular weight excluding hydrogens is 171 g/mol. The number of hydrogen-bond acceptors (Lipinski definition) is 2. The van der Waals surface area contributed by atoms with Gasteiger partial charge in [0.1, 0.15) is 5.82 Å². The Morgan fingerprint density at radius 3 is 3.00 bits per heavy atom. The first-order valence-corrected chi connectivity index (χ1v) is 3.82. The van der Waals surface area contributed by atoms with Crippen molar-refractivity contribution in [2.75, 3.05) is 0 Å². The fourth-order valence-electron chi connectivity index (χ4n) is 1.21. The van der Waals surface area contributed by atoms with E-state index in [4.69, 9.17) is 0 Å². The van der Waals surface area contributed by atoms with Crippen molar-refractivity contribution in [2.24, 2.45) is 0 Å². The zero-order chi connectivity index (χ0) is 9.42. The van der Waals surface area contributed by atoms with E-state index in [-0.39, 0.29) is 11.2 Å². The van der Waals surface area contributed by atoms with Crippen molar-refractivity contribution in [3.8, 4) is 0 Å². The zero-order valence-corrected chi connectivity index (χ0v) is 6.97. The Balaban J connectivity index is 2.97. The molecular formula is C9H7FN2O. The summed E-state index contributed by atoms with van der Waals surface area (Å²) in [6.45, 7) is 1.64. The maximum atomic E-state index is 13.1. The molecule has 0 aliphatic carbocycles. The quantitative estimate of drug-likeness (QED) is 0.662. The predicted octanol–water partition coefficient (Wildman–Crippen LogP) is 1.37. The number of aromatic amines is 1. The SMILES string of the molecule is Cc1cc2[nH]ncc(=O)c2cc1F. The van der Waals surface area contributed by atoms with Gasteiger partial charge in [-0.3, -0.25) is 9.89 Å². The van der Waals surface area contributed by atoms with Crippen LogP contribution < -0.4 is 5.43 Å². The molecule has 2 aromatic rings. The Labute approximate surface area is 73.2 Å². The van der Waals surface area contributed by atoms with Crippen LogP contribution in [-0.4, -0.2) is 10.2 Å². The number of nitrogens with one attached hydrogen (secondary N) is 1. The summed E-state index contributed by atoms with van der Waals surface area (Å²) in [5, 5.41) is 6.60. The lowest BCUT2D eigenvalue weighted by Crippen LogP contribution is -2.03. The number of H-pyrrole nitrogens is 1. The van der Waals surface area contributed by atoms with E-state index in [1.54, 1.807) is 13.0 Å². The minimum atomic E-state index is -0.371. The van der Waals surface area contributed by atoms with Crippen LogP contribution in [0.1, 0.15) is 5.56 Å². The predicted molar refractivity (Wildman–Crippen MR) is 47.1 cm³/mol. The number of fused-ring (bicyclic) bond motifs is 1. The van der Waals surface area contributed by atoms with Gasteiger partial charge in [0.15, 0.2) is 0 Å². The number of benzene rings is 1. The number of halogens is 1. The Morgan fingerprint density at radius 2 is 2.23 bits per heavy atom. The van der Waals surface area contributed by atoms with Crippen LogP contribution >= 0.6 is 0 Å². The van der Waals surface area contributed by atoms with Gasteiger partial charge in [0.2, 0.25) is 5.43 Å². The van der Waals surface area contributed by atoms with Crippen LogP contribution in [0.3, 0.4) is 0 Å². The molecule has 0 bridgehead atoms. The normalized spacial score (nSPS) is 10.6. The average Bonchev–Trinajstić information content (AvgIpc) is 2.09. The molecule has 0 radical (unpaired) electrons. The Hall–Kier alpha value is -1.71. The lowest BCUT2D eigenvalue weighted by Gasteiger charge is -1.98. The molecule has 0 saturated heterocycles. The Morgan fingerprint density at radius 1 is 1.46 bits per heavy atom. The first-order valence-electron chi connectivity index (χ1n) is 3.82. The summed E-state index contributed by atoms with van der Waals surface area (Å²) in [6.07, 6.45) is 1.14. The third-order valence-electron chi connectivity index (χ3n) is 1.93. The lowest BCUT2D eigenvalue weighted by atomic mass is 10.1. The first kappa shape index (κ1) is 7.91. The third-order valence-corrected chi connectivity index (χ3v) is 1.93. The van der Waals surface area contributed by atoms with Gasteiger partial charge in [-0.15, -0.1) is 0 Å². The summed E-state index contributed by atoms with van der Waals surface area (Å²) < 4.78 is 13.1. The summed E-state index contributed by atoms with van der Waals surface area (Å²) in [4.78, 5) is 11.2. The largest absolute Gasteiger partial charge is 0.287 e. The minimum Gasteiger partial charge on any atom is -0.287 e. The van der Waals surface area contributed by atoms with Crippen LogP contribution in [0.5, 0.6) is 0 Å². The molecule has 0 unspecified atom stereocenters. The summed E-state index contributed by atoms with van der Waals surface area (Å²) in [5.41, 5.74) is 0.787. The van der Waals surface area contributed by atoms with Crippen LogP contribution in [0, 0.1) is 12.7 Å². The standard InChI is InChI=1S/C9H7FN2O/c1-5-2-8-6(3-7(5)10)9(13)4-11-12-8/h2-4H,1H3,(H,12,13). The van der Waals surface area contributed by atoms with Crippen LogP contribution in [-0.2, 0) is 0 Å². The van der Waals surface area contributed by atoms with Crippen LogP contribution in [0.2, 0.25) is 0 Å². The first-order chi connectivity index (χ1) is 6.18. The zero-order valence-electron chi connectivity index (χ0n) is 6.97. The van der Waals surface area contributed by atoms with Gasteiger partial charge in [0.05, 0.1) is 17.1 Å². The van der Waals surface area contributed by atoms with Crippen molar-refractivity contribution in [2.45, 2.75) is 6.92 Å². The van der Waals surface area contributed by atoms with E-state index in [1.165, 1.54) is 6.07 Å². The van der Waals surface area contributed by atoms with Gasteiger partial charge in [0, 0.05) is 0 Å². The summed E-state index contributed by atoms with van der Waals surface area (Å²) >= 11 is 0. The van der Waals surface area contributed by atoms with E-state index in [0.717, 1.165) is 6.20 Å². The Bertz CT molecular complexity index is 518. The molecule has 4 heteroatoms. The minimum absolute atomic E-state index is 0.271. The smallest absolute Gasteiger partial charge is 0.208 e. The molecule has 3 nitrogen and oxygen atoms in total. The third kappa shape index (κ3) is 1.20. The molecule has 1 N–H and O–H groups in total. The van der Waals surface area contributed by atoms with Crippen LogP contribution in [0.25, 0.3) is 10.9 Å². The van der Waals surface area contributed by atoms with Gasteiger partial charge in [-0.1, -0.05) is 0 Å². The number of nitrogens with zero attached hydrogens (tertiary/aromatic N) is 1. The number of hydrogen-bond donors (Lipinski definition) is 1. The van der Waals surface area contributed by atoms with E-state index in [1.807, 2.05) is 0 Å². The molecule has 0 saturated carbocycles. The molecule has 1 aromatic carbocycles. The molecule has 0 atom stereocenters. The highest BCUT2D eigenvalue weighted by atomic mass is 19.1. The van der Waals surface area contributed by atoms with E-state index in [9.17, 15) is 9.18 Å². The molecule has 0 amide bonds. The van der Waals surface area contributed by atoms with Gasteiger partial charge in [-0.2, -0.15) is 5.10 Å². The molecule has 0 spiro atoms. The van der Waals surface area contributed by atoms with Gasteiger partial charge in [-0.25, -0.2) is 4.39 Å². The second kappa shape index (κ2) is 2.65. The second-order valence-electron chi connectivity index (χ2n) is 2.88. The molecule has 0 aliphatic heterocycles. The monoisotopic (exact) mass is 178 g/mol.